The third-order valence-corrected chi connectivity index (χ3v) is 3.58. The lowest BCUT2D eigenvalue weighted by Gasteiger charge is -2.10. The molecule has 1 amide bonds. The van der Waals surface area contributed by atoms with Crippen molar-refractivity contribution in [3.05, 3.63) is 62.8 Å². The van der Waals surface area contributed by atoms with Crippen molar-refractivity contribution in [2.45, 2.75) is 0 Å². The maximum absolute atomic E-state index is 13.5. The first kappa shape index (κ1) is 15.5. The van der Waals surface area contributed by atoms with Gasteiger partial charge in [0.15, 0.2) is 0 Å². The van der Waals surface area contributed by atoms with Gasteiger partial charge >= 0.3 is 5.97 Å². The highest BCUT2D eigenvalue weighted by atomic mass is 79.9. The van der Waals surface area contributed by atoms with E-state index >= 15 is 0 Å². The number of nitrogens with one attached hydrogen (secondary N) is 1. The van der Waals surface area contributed by atoms with E-state index in [0.29, 0.717) is 9.50 Å². The van der Waals surface area contributed by atoms with Gasteiger partial charge in [0.25, 0.3) is 5.91 Å². The van der Waals surface area contributed by atoms with E-state index in [2.05, 4.69) is 21.2 Å². The number of rotatable bonds is 3. The van der Waals surface area contributed by atoms with Gasteiger partial charge < -0.3 is 10.4 Å². The van der Waals surface area contributed by atoms with Crippen LogP contribution in [0, 0.1) is 5.82 Å². The first-order valence-electron chi connectivity index (χ1n) is 5.68. The Morgan fingerprint density at radius 3 is 2.62 bits per heavy atom. The van der Waals surface area contributed by atoms with Crippen molar-refractivity contribution in [3.8, 4) is 0 Å². The summed E-state index contributed by atoms with van der Waals surface area (Å²) < 4.78 is 14.0. The predicted octanol–water partition coefficient (Wildman–Crippen LogP) is 4.19. The Morgan fingerprint density at radius 2 is 1.95 bits per heavy atom. The normalized spacial score (nSPS) is 10.2. The Labute approximate surface area is 132 Å². The number of carboxylic acid groups (broad SMARTS) is 1. The van der Waals surface area contributed by atoms with E-state index < -0.39 is 23.3 Å². The fraction of sp³-hybridized carbons (Fsp3) is 0. The highest BCUT2D eigenvalue weighted by Gasteiger charge is 2.19. The Balaban J connectivity index is 2.39. The minimum atomic E-state index is -1.46. The molecule has 21 heavy (non-hydrogen) atoms. The summed E-state index contributed by atoms with van der Waals surface area (Å²) in [5.74, 6) is -2.99. The highest BCUT2D eigenvalue weighted by molar-refractivity contribution is 9.10. The Hall–Kier alpha value is -1.92. The zero-order valence-electron chi connectivity index (χ0n) is 10.4. The topological polar surface area (TPSA) is 66.4 Å². The minimum Gasteiger partial charge on any atom is -0.478 e. The summed E-state index contributed by atoms with van der Waals surface area (Å²) >= 11 is 9.01. The molecule has 2 aromatic carbocycles. The summed E-state index contributed by atoms with van der Waals surface area (Å²) in [7, 11) is 0. The van der Waals surface area contributed by atoms with Crippen molar-refractivity contribution in [1.29, 1.82) is 0 Å². The molecule has 2 rings (SSSR count). The van der Waals surface area contributed by atoms with Crippen LogP contribution in [0.25, 0.3) is 0 Å². The van der Waals surface area contributed by atoms with Gasteiger partial charge in [-0.2, -0.15) is 0 Å². The van der Waals surface area contributed by atoms with Crippen LogP contribution in [0.15, 0.2) is 40.9 Å². The molecule has 0 aliphatic rings. The molecule has 0 aliphatic carbocycles. The molecule has 0 spiro atoms. The van der Waals surface area contributed by atoms with Crippen LogP contribution in [0.1, 0.15) is 20.7 Å². The molecule has 108 valence electrons. The third-order valence-electron chi connectivity index (χ3n) is 2.65. The van der Waals surface area contributed by atoms with Gasteiger partial charge in [0.1, 0.15) is 11.4 Å². The van der Waals surface area contributed by atoms with Gasteiger partial charge in [-0.1, -0.05) is 17.7 Å². The van der Waals surface area contributed by atoms with Crippen molar-refractivity contribution in [1.82, 2.24) is 0 Å². The first-order chi connectivity index (χ1) is 9.90. The average molecular weight is 373 g/mol. The van der Waals surface area contributed by atoms with Crippen LogP contribution >= 0.6 is 27.5 Å². The van der Waals surface area contributed by atoms with Crippen LogP contribution in [-0.2, 0) is 0 Å². The number of anilines is 1. The van der Waals surface area contributed by atoms with E-state index in [4.69, 9.17) is 16.7 Å². The van der Waals surface area contributed by atoms with Crippen LogP contribution in [0.4, 0.5) is 10.1 Å². The third kappa shape index (κ3) is 3.40. The molecule has 2 N–H and O–H groups in total. The lowest BCUT2D eigenvalue weighted by atomic mass is 10.1. The molecule has 0 unspecified atom stereocenters. The molecule has 0 saturated carbocycles. The van der Waals surface area contributed by atoms with Crippen molar-refractivity contribution in [2.24, 2.45) is 0 Å². The molecular formula is C14H8BrClFNO3. The molecule has 0 atom stereocenters. The summed E-state index contributed by atoms with van der Waals surface area (Å²) in [6.07, 6.45) is 0. The van der Waals surface area contributed by atoms with E-state index in [0.717, 1.165) is 6.07 Å². The van der Waals surface area contributed by atoms with Crippen LogP contribution < -0.4 is 5.32 Å². The summed E-state index contributed by atoms with van der Waals surface area (Å²) in [5, 5.41) is 11.7. The van der Waals surface area contributed by atoms with Crippen molar-refractivity contribution >= 4 is 45.1 Å². The fourth-order valence-corrected chi connectivity index (χ4v) is 2.31. The number of amides is 1. The summed E-state index contributed by atoms with van der Waals surface area (Å²) in [6, 6.07) is 8.22. The number of benzene rings is 2. The lowest BCUT2D eigenvalue weighted by Crippen LogP contribution is -2.16. The molecule has 0 heterocycles. The summed E-state index contributed by atoms with van der Waals surface area (Å²) in [5.41, 5.74) is -0.508. The van der Waals surface area contributed by atoms with Gasteiger partial charge in [-0.15, -0.1) is 0 Å². The molecule has 0 aromatic heterocycles. The second-order valence-electron chi connectivity index (χ2n) is 4.05. The number of carboxylic acids is 1. The van der Waals surface area contributed by atoms with Crippen LogP contribution in [0.2, 0.25) is 5.02 Å². The van der Waals surface area contributed by atoms with Crippen LogP contribution in [0.3, 0.4) is 0 Å². The Kier molecular flexibility index (Phi) is 4.59. The zero-order chi connectivity index (χ0) is 15.6. The lowest BCUT2D eigenvalue weighted by molar-refractivity contribution is 0.0693. The monoisotopic (exact) mass is 371 g/mol. The van der Waals surface area contributed by atoms with E-state index in [1.165, 1.54) is 18.2 Å². The van der Waals surface area contributed by atoms with Crippen molar-refractivity contribution < 1.29 is 19.1 Å². The Bertz CT molecular complexity index is 736. The maximum Gasteiger partial charge on any atom is 0.340 e. The molecule has 0 bridgehead atoms. The van der Waals surface area contributed by atoms with Crippen molar-refractivity contribution in [2.75, 3.05) is 5.32 Å². The zero-order valence-corrected chi connectivity index (χ0v) is 12.7. The second-order valence-corrected chi connectivity index (χ2v) is 5.34. The maximum atomic E-state index is 13.5. The number of hydrogen-bond acceptors (Lipinski definition) is 2. The van der Waals surface area contributed by atoms with Gasteiger partial charge in [0.05, 0.1) is 11.3 Å². The SMILES string of the molecule is O=C(Nc1cccc(F)c1C(=O)O)c1cc(Cl)ccc1Br. The molecule has 0 aliphatic heterocycles. The largest absolute Gasteiger partial charge is 0.478 e. The van der Waals surface area contributed by atoms with Gasteiger partial charge in [0.2, 0.25) is 0 Å². The molecule has 0 saturated heterocycles. The van der Waals surface area contributed by atoms with Crippen LogP contribution in [-0.4, -0.2) is 17.0 Å². The average Bonchev–Trinajstić information content (AvgIpc) is 2.41. The van der Waals surface area contributed by atoms with E-state index in [-0.39, 0.29) is 11.3 Å². The van der Waals surface area contributed by atoms with Gasteiger partial charge in [0, 0.05) is 9.50 Å². The van der Waals surface area contributed by atoms with Crippen LogP contribution in [0.5, 0.6) is 0 Å². The van der Waals surface area contributed by atoms with Crippen molar-refractivity contribution in [3.63, 3.8) is 0 Å². The van der Waals surface area contributed by atoms with Gasteiger partial charge in [-0.05, 0) is 46.3 Å². The number of aromatic carboxylic acids is 1. The fourth-order valence-electron chi connectivity index (χ4n) is 1.71. The number of carbonyl (C=O) groups is 2. The van der Waals surface area contributed by atoms with Gasteiger partial charge in [-0.3, -0.25) is 4.79 Å². The Morgan fingerprint density at radius 1 is 1.24 bits per heavy atom. The number of carbonyl (C=O) groups excluding carboxylic acids is 1. The minimum absolute atomic E-state index is 0.126. The molecule has 0 radical (unpaired) electrons. The predicted molar refractivity (Wildman–Crippen MR) is 80.5 cm³/mol. The molecule has 7 heteroatoms. The highest BCUT2D eigenvalue weighted by Crippen LogP contribution is 2.24. The molecular weight excluding hydrogens is 365 g/mol. The first-order valence-corrected chi connectivity index (χ1v) is 6.85. The van der Waals surface area contributed by atoms with E-state index in [1.807, 2.05) is 0 Å². The molecule has 4 nitrogen and oxygen atoms in total. The smallest absolute Gasteiger partial charge is 0.340 e. The summed E-state index contributed by atoms with van der Waals surface area (Å²) in [4.78, 5) is 23.2. The van der Waals surface area contributed by atoms with E-state index in [1.54, 1.807) is 12.1 Å². The van der Waals surface area contributed by atoms with E-state index in [9.17, 15) is 14.0 Å². The van der Waals surface area contributed by atoms with Gasteiger partial charge in [-0.25, -0.2) is 9.18 Å². The summed E-state index contributed by atoms with van der Waals surface area (Å²) in [6.45, 7) is 0. The second kappa shape index (κ2) is 6.24. The standard InChI is InChI=1S/C14H8BrClFNO3/c15-9-5-4-7(16)6-8(9)13(19)18-11-3-1-2-10(17)12(11)14(20)21/h1-6H,(H,18,19)(H,20,21). The molecule has 0 fully saturated rings. The quantitative estimate of drug-likeness (QED) is 0.849. The number of hydrogen-bond donors (Lipinski definition) is 2. The number of halogens is 3. The molecule has 2 aromatic rings.